The number of ether oxygens (including phenoxy) is 1. The summed E-state index contributed by atoms with van der Waals surface area (Å²) in [5.74, 6) is 0.463. The van der Waals surface area contributed by atoms with Gasteiger partial charge in [0.2, 0.25) is 0 Å². The molecule has 2 heterocycles. The van der Waals surface area contributed by atoms with Crippen LogP contribution in [0.2, 0.25) is 0 Å². The van der Waals surface area contributed by atoms with Crippen molar-refractivity contribution in [2.24, 2.45) is 0 Å². The van der Waals surface area contributed by atoms with Crippen molar-refractivity contribution in [3.8, 4) is 17.2 Å². The number of hydrogen-bond acceptors (Lipinski definition) is 4. The van der Waals surface area contributed by atoms with Crippen LogP contribution in [0.25, 0.3) is 33.3 Å². The average molecular weight is 361 g/mol. The van der Waals surface area contributed by atoms with E-state index in [4.69, 9.17) is 14.1 Å². The fraction of sp³-hybridized carbons (Fsp3) is 0.182. The van der Waals surface area contributed by atoms with Crippen molar-refractivity contribution < 1.29 is 19.1 Å². The number of methoxy groups -OCH3 is 1. The Morgan fingerprint density at radius 1 is 1.15 bits per heavy atom. The minimum Gasteiger partial charge on any atom is -0.497 e. The number of rotatable bonds is 4. The molecule has 0 aliphatic heterocycles. The monoisotopic (exact) mass is 361 g/mol. The molecule has 0 atom stereocenters. The maximum absolute atomic E-state index is 11.9. The molecule has 5 heteroatoms. The highest BCUT2D eigenvalue weighted by atomic mass is 16.5. The quantitative estimate of drug-likeness (QED) is 0.521. The van der Waals surface area contributed by atoms with Crippen molar-refractivity contribution >= 4 is 27.8 Å². The number of pyridine rings is 1. The molecule has 2 aromatic carbocycles. The van der Waals surface area contributed by atoms with Crippen LogP contribution in [-0.2, 0) is 0 Å². The maximum atomic E-state index is 11.9. The number of aromatic nitrogens is 1. The first-order valence-electron chi connectivity index (χ1n) is 8.73. The molecule has 0 spiro atoms. The zero-order chi connectivity index (χ0) is 19.1. The Morgan fingerprint density at radius 3 is 2.67 bits per heavy atom. The van der Waals surface area contributed by atoms with Gasteiger partial charge in [-0.1, -0.05) is 32.0 Å². The van der Waals surface area contributed by atoms with Crippen molar-refractivity contribution in [1.82, 2.24) is 4.98 Å². The minimum atomic E-state index is -0.984. The molecular formula is C22H19NO4. The van der Waals surface area contributed by atoms with Gasteiger partial charge in [0, 0.05) is 16.8 Å². The van der Waals surface area contributed by atoms with Crippen molar-refractivity contribution in [3.63, 3.8) is 0 Å². The minimum absolute atomic E-state index is 0.218. The van der Waals surface area contributed by atoms with Gasteiger partial charge in [0.1, 0.15) is 17.0 Å². The van der Waals surface area contributed by atoms with Gasteiger partial charge in [0.15, 0.2) is 5.76 Å². The summed E-state index contributed by atoms with van der Waals surface area (Å²) in [5, 5.41) is 11.3. The molecule has 0 aliphatic carbocycles. The predicted octanol–water partition coefficient (Wildman–Crippen LogP) is 5.48. The molecule has 0 radical (unpaired) electrons. The Balaban J connectivity index is 1.99. The molecule has 4 aromatic rings. The average Bonchev–Trinajstić information content (AvgIpc) is 3.09. The summed E-state index contributed by atoms with van der Waals surface area (Å²) in [6, 6.07) is 14.7. The van der Waals surface area contributed by atoms with Crippen LogP contribution in [0.15, 0.2) is 52.9 Å². The van der Waals surface area contributed by atoms with Gasteiger partial charge in [-0.15, -0.1) is 0 Å². The van der Waals surface area contributed by atoms with Crippen LogP contribution in [0.3, 0.4) is 0 Å². The molecule has 0 aliphatic rings. The SMILES string of the molecule is COc1ccc2cc(-c3cc(C(=O)O)c4cccc(C(C)C)c4n3)oc2c1. The zero-order valence-corrected chi connectivity index (χ0v) is 15.3. The zero-order valence-electron chi connectivity index (χ0n) is 15.3. The Labute approximate surface area is 156 Å². The van der Waals surface area contributed by atoms with E-state index in [9.17, 15) is 9.90 Å². The lowest BCUT2D eigenvalue weighted by atomic mass is 9.97. The lowest BCUT2D eigenvalue weighted by molar-refractivity contribution is 0.0699. The van der Waals surface area contributed by atoms with E-state index in [1.807, 2.05) is 30.3 Å². The predicted molar refractivity (Wildman–Crippen MR) is 105 cm³/mol. The lowest BCUT2D eigenvalue weighted by Crippen LogP contribution is -2.02. The Hall–Kier alpha value is -3.34. The molecule has 0 amide bonds. The van der Waals surface area contributed by atoms with E-state index in [1.54, 1.807) is 25.3 Å². The van der Waals surface area contributed by atoms with Crippen LogP contribution in [0, 0.1) is 0 Å². The van der Waals surface area contributed by atoms with E-state index < -0.39 is 5.97 Å². The number of fused-ring (bicyclic) bond motifs is 2. The van der Waals surface area contributed by atoms with E-state index in [-0.39, 0.29) is 11.5 Å². The lowest BCUT2D eigenvalue weighted by Gasteiger charge is -2.12. The van der Waals surface area contributed by atoms with Gasteiger partial charge in [-0.05, 0) is 35.7 Å². The summed E-state index contributed by atoms with van der Waals surface area (Å²) in [5.41, 5.74) is 3.09. The summed E-state index contributed by atoms with van der Waals surface area (Å²) in [7, 11) is 1.60. The fourth-order valence-electron chi connectivity index (χ4n) is 3.30. The standard InChI is InChI=1S/C22H19NO4/c1-12(2)15-5-4-6-16-17(22(24)25)11-18(23-21(15)16)20-9-13-7-8-14(26-3)10-19(13)27-20/h4-12H,1-3H3,(H,24,25). The molecular weight excluding hydrogens is 342 g/mol. The second-order valence-corrected chi connectivity index (χ2v) is 6.77. The Kier molecular flexibility index (Phi) is 4.07. The third-order valence-electron chi connectivity index (χ3n) is 4.70. The van der Waals surface area contributed by atoms with E-state index in [1.165, 1.54) is 0 Å². The molecule has 2 aromatic heterocycles. The number of carbonyl (C=O) groups is 1. The highest BCUT2D eigenvalue weighted by molar-refractivity contribution is 6.04. The first-order chi connectivity index (χ1) is 13.0. The van der Waals surface area contributed by atoms with Crippen LogP contribution in [0.1, 0.15) is 35.7 Å². The third-order valence-corrected chi connectivity index (χ3v) is 4.70. The topological polar surface area (TPSA) is 72.6 Å². The molecule has 0 unspecified atom stereocenters. The molecule has 0 fully saturated rings. The summed E-state index contributed by atoms with van der Waals surface area (Å²) >= 11 is 0. The second-order valence-electron chi connectivity index (χ2n) is 6.77. The van der Waals surface area contributed by atoms with Crippen molar-refractivity contribution in [2.75, 3.05) is 7.11 Å². The first-order valence-corrected chi connectivity index (χ1v) is 8.73. The van der Waals surface area contributed by atoms with Crippen molar-refractivity contribution in [3.05, 3.63) is 59.7 Å². The van der Waals surface area contributed by atoms with Gasteiger partial charge >= 0.3 is 5.97 Å². The smallest absolute Gasteiger partial charge is 0.336 e. The number of para-hydroxylation sites is 1. The van der Waals surface area contributed by atoms with Crippen LogP contribution in [0.5, 0.6) is 5.75 Å². The summed E-state index contributed by atoms with van der Waals surface area (Å²) < 4.78 is 11.2. The number of benzene rings is 2. The number of nitrogens with zero attached hydrogens (tertiary/aromatic N) is 1. The summed E-state index contributed by atoms with van der Waals surface area (Å²) in [6.07, 6.45) is 0. The van der Waals surface area contributed by atoms with E-state index in [2.05, 4.69) is 13.8 Å². The van der Waals surface area contributed by atoms with Crippen LogP contribution in [0.4, 0.5) is 0 Å². The summed E-state index contributed by atoms with van der Waals surface area (Å²) in [6.45, 7) is 4.13. The van der Waals surface area contributed by atoms with Gasteiger partial charge in [-0.25, -0.2) is 9.78 Å². The number of aromatic carboxylic acids is 1. The fourth-order valence-corrected chi connectivity index (χ4v) is 3.30. The van der Waals surface area contributed by atoms with Crippen molar-refractivity contribution in [2.45, 2.75) is 19.8 Å². The van der Waals surface area contributed by atoms with Crippen molar-refractivity contribution in [1.29, 1.82) is 0 Å². The molecule has 1 N–H and O–H groups in total. The van der Waals surface area contributed by atoms with E-state index in [0.29, 0.717) is 33.7 Å². The largest absolute Gasteiger partial charge is 0.497 e. The van der Waals surface area contributed by atoms with E-state index >= 15 is 0 Å². The van der Waals surface area contributed by atoms with Gasteiger partial charge in [0.25, 0.3) is 0 Å². The molecule has 0 saturated heterocycles. The number of carboxylic acid groups (broad SMARTS) is 1. The normalized spacial score (nSPS) is 11.4. The van der Waals surface area contributed by atoms with Crippen LogP contribution < -0.4 is 4.74 Å². The molecule has 0 saturated carbocycles. The van der Waals surface area contributed by atoms with Gasteiger partial charge in [0.05, 0.1) is 18.2 Å². The molecule has 136 valence electrons. The van der Waals surface area contributed by atoms with Gasteiger partial charge in [-0.3, -0.25) is 0 Å². The summed E-state index contributed by atoms with van der Waals surface area (Å²) in [4.78, 5) is 16.6. The highest BCUT2D eigenvalue weighted by Gasteiger charge is 2.18. The van der Waals surface area contributed by atoms with Gasteiger partial charge in [-0.2, -0.15) is 0 Å². The Bertz CT molecular complexity index is 1170. The second kappa shape index (κ2) is 6.43. The van der Waals surface area contributed by atoms with Crippen LogP contribution in [-0.4, -0.2) is 23.2 Å². The molecule has 5 nitrogen and oxygen atoms in total. The molecule has 4 rings (SSSR count). The number of hydrogen-bond donors (Lipinski definition) is 1. The third kappa shape index (κ3) is 2.91. The maximum Gasteiger partial charge on any atom is 0.336 e. The highest BCUT2D eigenvalue weighted by Crippen LogP contribution is 2.33. The van der Waals surface area contributed by atoms with Gasteiger partial charge < -0.3 is 14.3 Å². The Morgan fingerprint density at radius 2 is 1.96 bits per heavy atom. The number of furan rings is 1. The van der Waals surface area contributed by atoms with Crippen LogP contribution >= 0.6 is 0 Å². The molecule has 27 heavy (non-hydrogen) atoms. The van der Waals surface area contributed by atoms with E-state index in [0.717, 1.165) is 10.9 Å². The first kappa shape index (κ1) is 17.1. The molecule has 0 bridgehead atoms. The number of carboxylic acids is 1.